The zero-order chi connectivity index (χ0) is 16.3. The fourth-order valence-corrected chi connectivity index (χ4v) is 2.81. The quantitative estimate of drug-likeness (QED) is 0.911. The zero-order valence-corrected chi connectivity index (χ0v) is 14.0. The molecule has 1 aliphatic heterocycles. The number of aliphatic hydroxyl groups excluding tert-OH is 1. The minimum absolute atomic E-state index is 0.0876. The van der Waals surface area contributed by atoms with E-state index in [-0.39, 0.29) is 12.0 Å². The standard InChI is InChI=1S/C18H27NO3/c1-5-13-6-8-14(9-7-13)15-10-11-19(12-16(15)20)17(21)22-18(2,3)4/h6-9,15-16,20H,5,10-12H2,1-4H3/t15-,16-/m0/s1. The number of β-amino-alcohol motifs (C(OH)–C–C–N with tert-alkyl or cyclic N) is 1. The number of likely N-dealkylation sites (tertiary alicyclic amines) is 1. The van der Waals surface area contributed by atoms with Crippen LogP contribution in [-0.4, -0.2) is 40.9 Å². The summed E-state index contributed by atoms with van der Waals surface area (Å²) in [4.78, 5) is 13.7. The van der Waals surface area contributed by atoms with Crippen LogP contribution in [0.4, 0.5) is 4.79 Å². The van der Waals surface area contributed by atoms with E-state index in [0.29, 0.717) is 13.1 Å². The molecule has 0 spiro atoms. The zero-order valence-electron chi connectivity index (χ0n) is 14.0. The smallest absolute Gasteiger partial charge is 0.410 e. The Morgan fingerprint density at radius 1 is 1.32 bits per heavy atom. The topological polar surface area (TPSA) is 49.8 Å². The third kappa shape index (κ3) is 4.23. The molecule has 0 saturated carbocycles. The molecule has 4 nitrogen and oxygen atoms in total. The number of piperidine rings is 1. The van der Waals surface area contributed by atoms with Crippen LogP contribution in [0.5, 0.6) is 0 Å². The summed E-state index contributed by atoms with van der Waals surface area (Å²) in [6.07, 6.45) is 0.881. The molecular formula is C18H27NO3. The normalized spacial score (nSPS) is 22.5. The maximum atomic E-state index is 12.1. The molecule has 0 bridgehead atoms. The van der Waals surface area contributed by atoms with E-state index in [9.17, 15) is 9.90 Å². The highest BCUT2D eigenvalue weighted by molar-refractivity contribution is 5.68. The Balaban J connectivity index is 1.98. The third-order valence-electron chi connectivity index (χ3n) is 4.05. The molecule has 0 radical (unpaired) electrons. The first-order chi connectivity index (χ1) is 10.3. The molecule has 1 fully saturated rings. The third-order valence-corrected chi connectivity index (χ3v) is 4.05. The highest BCUT2D eigenvalue weighted by Gasteiger charge is 2.33. The van der Waals surface area contributed by atoms with E-state index in [4.69, 9.17) is 4.74 Å². The molecule has 1 aromatic carbocycles. The molecule has 1 heterocycles. The molecule has 2 atom stereocenters. The van der Waals surface area contributed by atoms with Crippen LogP contribution < -0.4 is 0 Å². The Morgan fingerprint density at radius 3 is 2.45 bits per heavy atom. The Hall–Kier alpha value is -1.55. The van der Waals surface area contributed by atoms with E-state index in [1.54, 1.807) is 4.90 Å². The summed E-state index contributed by atoms with van der Waals surface area (Å²) in [7, 11) is 0. The number of aryl methyl sites for hydroxylation is 1. The van der Waals surface area contributed by atoms with E-state index in [1.165, 1.54) is 5.56 Å². The van der Waals surface area contributed by atoms with Gasteiger partial charge in [-0.25, -0.2) is 4.79 Å². The highest BCUT2D eigenvalue weighted by atomic mass is 16.6. The van der Waals surface area contributed by atoms with Crippen LogP contribution >= 0.6 is 0 Å². The van der Waals surface area contributed by atoms with Gasteiger partial charge in [0.15, 0.2) is 0 Å². The molecule has 1 saturated heterocycles. The number of hydrogen-bond acceptors (Lipinski definition) is 3. The van der Waals surface area contributed by atoms with Gasteiger partial charge in [-0.15, -0.1) is 0 Å². The number of ether oxygens (including phenoxy) is 1. The predicted octanol–water partition coefficient (Wildman–Crippen LogP) is 3.33. The lowest BCUT2D eigenvalue weighted by Crippen LogP contribution is -2.47. The molecule has 22 heavy (non-hydrogen) atoms. The Kier molecular flexibility index (Phi) is 5.12. The lowest BCUT2D eigenvalue weighted by molar-refractivity contribution is -0.00151. The minimum Gasteiger partial charge on any atom is -0.444 e. The lowest BCUT2D eigenvalue weighted by atomic mass is 9.87. The van der Waals surface area contributed by atoms with Gasteiger partial charge in [-0.3, -0.25) is 0 Å². The predicted molar refractivity (Wildman–Crippen MR) is 87.0 cm³/mol. The van der Waals surface area contributed by atoms with Crippen LogP contribution in [-0.2, 0) is 11.2 Å². The van der Waals surface area contributed by atoms with Crippen LogP contribution in [0.25, 0.3) is 0 Å². The van der Waals surface area contributed by atoms with Crippen LogP contribution in [0.15, 0.2) is 24.3 Å². The second-order valence-electron chi connectivity index (χ2n) is 6.98. The van der Waals surface area contributed by atoms with Gasteiger partial charge < -0.3 is 14.7 Å². The molecule has 122 valence electrons. The molecular weight excluding hydrogens is 278 g/mol. The number of carbonyl (C=O) groups excluding carboxylic acids is 1. The van der Waals surface area contributed by atoms with Crippen molar-refractivity contribution in [2.24, 2.45) is 0 Å². The minimum atomic E-state index is -0.547. The first-order valence-corrected chi connectivity index (χ1v) is 8.05. The fraction of sp³-hybridized carbons (Fsp3) is 0.611. The van der Waals surface area contributed by atoms with Gasteiger partial charge >= 0.3 is 6.09 Å². The van der Waals surface area contributed by atoms with Crippen LogP contribution in [0, 0.1) is 0 Å². The molecule has 0 aromatic heterocycles. The molecule has 0 aliphatic carbocycles. The largest absolute Gasteiger partial charge is 0.444 e. The maximum absolute atomic E-state index is 12.1. The summed E-state index contributed by atoms with van der Waals surface area (Å²) >= 11 is 0. The summed E-state index contributed by atoms with van der Waals surface area (Å²) in [5, 5.41) is 10.4. The van der Waals surface area contributed by atoms with Crippen LogP contribution in [0.1, 0.15) is 51.2 Å². The maximum Gasteiger partial charge on any atom is 0.410 e. The number of rotatable bonds is 2. The van der Waals surface area contributed by atoms with Crippen molar-refractivity contribution in [3.8, 4) is 0 Å². The van der Waals surface area contributed by atoms with E-state index >= 15 is 0 Å². The van der Waals surface area contributed by atoms with Crippen molar-refractivity contribution in [2.75, 3.05) is 13.1 Å². The number of carbonyl (C=O) groups is 1. The summed E-state index contributed by atoms with van der Waals surface area (Å²) < 4.78 is 5.37. The van der Waals surface area contributed by atoms with Crippen molar-refractivity contribution >= 4 is 6.09 Å². The molecule has 1 amide bonds. The van der Waals surface area contributed by atoms with Crippen molar-refractivity contribution in [1.82, 2.24) is 4.90 Å². The van der Waals surface area contributed by atoms with Gasteiger partial charge in [0.05, 0.1) is 12.6 Å². The summed E-state index contributed by atoms with van der Waals surface area (Å²) in [5.41, 5.74) is 1.94. The summed E-state index contributed by atoms with van der Waals surface area (Å²) in [6, 6.07) is 8.41. The van der Waals surface area contributed by atoms with Gasteiger partial charge in [0, 0.05) is 12.5 Å². The number of aliphatic hydroxyl groups is 1. The molecule has 1 N–H and O–H groups in total. The monoisotopic (exact) mass is 305 g/mol. The summed E-state index contributed by atoms with van der Waals surface area (Å²) in [6.45, 7) is 8.63. The average molecular weight is 305 g/mol. The SMILES string of the molecule is CCc1ccc([C@@H]2CCN(C(=O)OC(C)(C)C)C[C@@H]2O)cc1. The average Bonchev–Trinajstić information content (AvgIpc) is 2.45. The second kappa shape index (κ2) is 6.69. The van der Waals surface area contributed by atoms with Crippen molar-refractivity contribution in [1.29, 1.82) is 0 Å². The van der Waals surface area contributed by atoms with Crippen molar-refractivity contribution in [3.05, 3.63) is 35.4 Å². The number of amides is 1. The van der Waals surface area contributed by atoms with Gasteiger partial charge in [-0.1, -0.05) is 31.2 Å². The van der Waals surface area contributed by atoms with Crippen LogP contribution in [0.3, 0.4) is 0 Å². The Labute approximate surface area is 133 Å². The van der Waals surface area contributed by atoms with E-state index in [0.717, 1.165) is 18.4 Å². The van der Waals surface area contributed by atoms with E-state index < -0.39 is 11.7 Å². The lowest BCUT2D eigenvalue weighted by Gasteiger charge is -2.37. The second-order valence-corrected chi connectivity index (χ2v) is 6.98. The highest BCUT2D eigenvalue weighted by Crippen LogP contribution is 2.29. The molecule has 2 rings (SSSR count). The molecule has 4 heteroatoms. The van der Waals surface area contributed by atoms with Gasteiger partial charge in [-0.2, -0.15) is 0 Å². The number of nitrogens with zero attached hydrogens (tertiary/aromatic N) is 1. The first-order valence-electron chi connectivity index (χ1n) is 8.05. The van der Waals surface area contributed by atoms with Crippen molar-refractivity contribution in [2.45, 2.75) is 58.2 Å². The molecule has 1 aromatic rings. The first kappa shape index (κ1) is 16.8. The fourth-order valence-electron chi connectivity index (χ4n) is 2.81. The van der Waals surface area contributed by atoms with Gasteiger partial charge in [0.25, 0.3) is 0 Å². The number of hydrogen-bond donors (Lipinski definition) is 1. The molecule has 1 aliphatic rings. The summed E-state index contributed by atoms with van der Waals surface area (Å²) in [5.74, 6) is 0.0876. The molecule has 0 unspecified atom stereocenters. The van der Waals surface area contributed by atoms with Crippen molar-refractivity contribution < 1.29 is 14.6 Å². The van der Waals surface area contributed by atoms with Gasteiger partial charge in [0.1, 0.15) is 5.60 Å². The van der Waals surface area contributed by atoms with Gasteiger partial charge in [0.2, 0.25) is 0 Å². The van der Waals surface area contributed by atoms with Gasteiger partial charge in [-0.05, 0) is 44.7 Å². The number of benzene rings is 1. The van der Waals surface area contributed by atoms with Crippen LogP contribution in [0.2, 0.25) is 0 Å². The Bertz CT molecular complexity index is 504. The van der Waals surface area contributed by atoms with E-state index in [2.05, 4.69) is 31.2 Å². The van der Waals surface area contributed by atoms with E-state index in [1.807, 2.05) is 20.8 Å². The Morgan fingerprint density at radius 2 is 1.95 bits per heavy atom. The van der Waals surface area contributed by atoms with Crippen molar-refractivity contribution in [3.63, 3.8) is 0 Å².